The summed E-state index contributed by atoms with van der Waals surface area (Å²) in [6.07, 6.45) is 1.47. The van der Waals surface area contributed by atoms with Crippen LogP contribution in [0.15, 0.2) is 59.7 Å². The fourth-order valence-electron chi connectivity index (χ4n) is 2.96. The highest BCUT2D eigenvalue weighted by atomic mass is 16.5. The van der Waals surface area contributed by atoms with Gasteiger partial charge in [0.25, 0.3) is 0 Å². The number of benzene rings is 2. The topological polar surface area (TPSA) is 92.3 Å². The Hall–Kier alpha value is -3.94. The third-order valence-electron chi connectivity index (χ3n) is 4.42. The Balaban J connectivity index is 2.01. The summed E-state index contributed by atoms with van der Waals surface area (Å²) < 4.78 is 26.8. The summed E-state index contributed by atoms with van der Waals surface area (Å²) in [6.45, 7) is 1.78. The highest BCUT2D eigenvalue weighted by molar-refractivity contribution is 6.26. The largest absolute Gasteiger partial charge is 0.496 e. The van der Waals surface area contributed by atoms with Crippen LogP contribution in [-0.4, -0.2) is 39.7 Å². The second-order valence-corrected chi connectivity index (χ2v) is 6.30. The van der Waals surface area contributed by atoms with Crippen LogP contribution in [0.5, 0.6) is 17.2 Å². The Morgan fingerprint density at radius 3 is 2.26 bits per heavy atom. The molecule has 8 nitrogen and oxygen atoms in total. The van der Waals surface area contributed by atoms with E-state index in [1.165, 1.54) is 27.4 Å². The number of Topliss-reactive ketones (excluding diaryl/α,β-unsaturated/α-hetero) is 1. The molecular weight excluding hydrogens is 402 g/mol. The molecule has 162 valence electrons. The van der Waals surface area contributed by atoms with Gasteiger partial charge >= 0.3 is 5.97 Å². The maximum Gasteiger partial charge on any atom is 0.347 e. The molecule has 0 bridgehead atoms. The number of methoxy groups -OCH3 is 3. The fourth-order valence-corrected chi connectivity index (χ4v) is 2.96. The van der Waals surface area contributed by atoms with Gasteiger partial charge in [0.05, 0.1) is 27.9 Å². The number of ether oxygens (including phenoxy) is 5. The first-order valence-electron chi connectivity index (χ1n) is 9.50. The number of hydrogen-bond acceptors (Lipinski definition) is 8. The minimum absolute atomic E-state index is 0.000318. The van der Waals surface area contributed by atoms with Gasteiger partial charge in [0, 0.05) is 17.3 Å². The Bertz CT molecular complexity index is 1040. The molecule has 0 saturated carbocycles. The molecule has 31 heavy (non-hydrogen) atoms. The molecule has 2 aromatic rings. The third kappa shape index (κ3) is 4.63. The molecule has 3 rings (SSSR count). The Kier molecular flexibility index (Phi) is 6.81. The molecule has 0 fully saturated rings. The van der Waals surface area contributed by atoms with Crippen LogP contribution < -0.4 is 19.5 Å². The van der Waals surface area contributed by atoms with E-state index in [1.54, 1.807) is 31.2 Å². The first kappa shape index (κ1) is 21.8. The molecule has 1 aliphatic rings. The van der Waals surface area contributed by atoms with Crippen molar-refractivity contribution in [1.29, 1.82) is 0 Å². The number of carbonyl (C=O) groups excluding carboxylic acids is 2. The van der Waals surface area contributed by atoms with E-state index in [0.717, 1.165) is 0 Å². The van der Waals surface area contributed by atoms with Crippen molar-refractivity contribution in [2.24, 2.45) is 0 Å². The van der Waals surface area contributed by atoms with Crippen LogP contribution in [0.25, 0.3) is 6.08 Å². The number of allylic oxidation sites excluding steroid dienone is 1. The maximum absolute atomic E-state index is 13.0. The maximum atomic E-state index is 13.0. The summed E-state index contributed by atoms with van der Waals surface area (Å²) in [7, 11) is 4.50. The van der Waals surface area contributed by atoms with Crippen LogP contribution in [0.1, 0.15) is 12.5 Å². The molecule has 0 aliphatic carbocycles. The lowest BCUT2D eigenvalue weighted by atomic mass is 10.1. The van der Waals surface area contributed by atoms with Crippen molar-refractivity contribution in [3.05, 3.63) is 65.2 Å². The van der Waals surface area contributed by atoms with E-state index < -0.39 is 11.8 Å². The van der Waals surface area contributed by atoms with E-state index in [9.17, 15) is 9.59 Å². The van der Waals surface area contributed by atoms with Crippen LogP contribution in [0, 0.1) is 0 Å². The molecule has 0 radical (unpaired) electrons. The van der Waals surface area contributed by atoms with E-state index in [0.29, 0.717) is 28.5 Å². The number of para-hydroxylation sites is 1. The highest BCUT2D eigenvalue weighted by Gasteiger charge is 2.37. The van der Waals surface area contributed by atoms with Crippen molar-refractivity contribution in [1.82, 2.24) is 0 Å². The normalized spacial score (nSPS) is 14.3. The molecule has 1 aliphatic heterocycles. The average molecular weight is 425 g/mol. The van der Waals surface area contributed by atoms with E-state index in [2.05, 4.69) is 5.32 Å². The van der Waals surface area contributed by atoms with Crippen molar-refractivity contribution in [3.63, 3.8) is 0 Å². The van der Waals surface area contributed by atoms with Gasteiger partial charge in [0.2, 0.25) is 11.7 Å². The number of ketones is 1. The fraction of sp³-hybridized carbons (Fsp3) is 0.217. The molecule has 0 spiro atoms. The van der Waals surface area contributed by atoms with Crippen molar-refractivity contribution < 1.29 is 33.3 Å². The summed E-state index contributed by atoms with van der Waals surface area (Å²) in [5, 5.41) is 2.96. The number of anilines is 1. The van der Waals surface area contributed by atoms with E-state index in [4.69, 9.17) is 23.7 Å². The van der Waals surface area contributed by atoms with Crippen LogP contribution >= 0.6 is 0 Å². The number of rotatable bonds is 8. The second-order valence-electron chi connectivity index (χ2n) is 6.30. The van der Waals surface area contributed by atoms with E-state index in [-0.39, 0.29) is 23.8 Å². The summed E-state index contributed by atoms with van der Waals surface area (Å²) in [5.41, 5.74) is 0.945. The molecule has 0 atom stereocenters. The van der Waals surface area contributed by atoms with Gasteiger partial charge in [-0.1, -0.05) is 18.2 Å². The van der Waals surface area contributed by atoms with Crippen LogP contribution in [0.2, 0.25) is 0 Å². The van der Waals surface area contributed by atoms with Crippen LogP contribution in [0.3, 0.4) is 0 Å². The molecule has 0 aromatic heterocycles. The molecule has 1 N–H and O–H groups in total. The molecule has 8 heteroatoms. The Labute approximate surface area is 180 Å². The lowest BCUT2D eigenvalue weighted by Crippen LogP contribution is -2.16. The van der Waals surface area contributed by atoms with Gasteiger partial charge in [-0.15, -0.1) is 0 Å². The smallest absolute Gasteiger partial charge is 0.347 e. The number of carbonyl (C=O) groups is 2. The molecule has 0 amide bonds. The van der Waals surface area contributed by atoms with E-state index in [1.807, 2.05) is 18.2 Å². The zero-order valence-corrected chi connectivity index (χ0v) is 17.7. The van der Waals surface area contributed by atoms with Gasteiger partial charge in [-0.3, -0.25) is 4.79 Å². The number of nitrogens with one attached hydrogen (secondary N) is 1. The zero-order valence-electron chi connectivity index (χ0n) is 17.7. The predicted molar refractivity (Wildman–Crippen MR) is 114 cm³/mol. The van der Waals surface area contributed by atoms with Crippen molar-refractivity contribution >= 4 is 23.5 Å². The van der Waals surface area contributed by atoms with Crippen LogP contribution in [-0.2, 0) is 19.1 Å². The lowest BCUT2D eigenvalue weighted by Gasteiger charge is -2.12. The van der Waals surface area contributed by atoms with Gasteiger partial charge in [-0.2, -0.15) is 0 Å². The molecule has 0 unspecified atom stereocenters. The van der Waals surface area contributed by atoms with E-state index >= 15 is 0 Å². The quantitative estimate of drug-likeness (QED) is 0.390. The standard InChI is InChI=1S/C23H23NO7/c1-5-30-23(26)20-21(25)19(31-22(20)24-15-9-7-6-8-10-15)12-14-11-17(28-3)18(29-4)13-16(14)27-2/h6-13,24H,5H2,1-4H3/b19-12-. The monoisotopic (exact) mass is 425 g/mol. The highest BCUT2D eigenvalue weighted by Crippen LogP contribution is 2.37. The molecule has 1 heterocycles. The van der Waals surface area contributed by atoms with Gasteiger partial charge in [-0.25, -0.2) is 4.79 Å². The summed E-state index contributed by atoms with van der Waals surface area (Å²) in [5.74, 6) is -0.0860. The van der Waals surface area contributed by atoms with Gasteiger partial charge in [-0.05, 0) is 31.2 Å². The molecule has 0 saturated heterocycles. The summed E-state index contributed by atoms with van der Waals surface area (Å²) >= 11 is 0. The molecule has 2 aromatic carbocycles. The van der Waals surface area contributed by atoms with Crippen LogP contribution in [0.4, 0.5) is 5.69 Å². The number of hydrogen-bond donors (Lipinski definition) is 1. The molecular formula is C23H23NO7. The third-order valence-corrected chi connectivity index (χ3v) is 4.42. The number of esters is 1. The predicted octanol–water partition coefficient (Wildman–Crippen LogP) is 3.54. The first-order valence-corrected chi connectivity index (χ1v) is 9.50. The second kappa shape index (κ2) is 9.71. The average Bonchev–Trinajstić information content (AvgIpc) is 3.08. The van der Waals surface area contributed by atoms with Crippen molar-refractivity contribution in [2.45, 2.75) is 6.92 Å². The SMILES string of the molecule is CCOC(=O)C1=C(Nc2ccccc2)O/C(=C\c2cc(OC)c(OC)cc2OC)C1=O. The minimum Gasteiger partial charge on any atom is -0.496 e. The Morgan fingerprint density at radius 2 is 1.65 bits per heavy atom. The lowest BCUT2D eigenvalue weighted by molar-refractivity contribution is -0.139. The van der Waals surface area contributed by atoms with Gasteiger partial charge < -0.3 is 29.0 Å². The van der Waals surface area contributed by atoms with Crippen molar-refractivity contribution in [2.75, 3.05) is 33.3 Å². The first-order chi connectivity index (χ1) is 15.0. The van der Waals surface area contributed by atoms with Gasteiger partial charge in [0.15, 0.2) is 22.8 Å². The zero-order chi connectivity index (χ0) is 22.4. The summed E-state index contributed by atoms with van der Waals surface area (Å²) in [6, 6.07) is 12.3. The van der Waals surface area contributed by atoms with Gasteiger partial charge in [0.1, 0.15) is 5.75 Å². The van der Waals surface area contributed by atoms with Crippen molar-refractivity contribution in [3.8, 4) is 17.2 Å². The minimum atomic E-state index is -0.770. The Morgan fingerprint density at radius 1 is 1.00 bits per heavy atom. The summed E-state index contributed by atoms with van der Waals surface area (Å²) in [4.78, 5) is 25.5.